The van der Waals surface area contributed by atoms with Crippen molar-refractivity contribution in [1.29, 1.82) is 0 Å². The largest absolute Gasteiger partial charge is 0.207 e. The van der Waals surface area contributed by atoms with Crippen LogP contribution in [0.25, 0.3) is 0 Å². The third-order valence-electron chi connectivity index (χ3n) is 3.17. The molecule has 0 bridgehead atoms. The van der Waals surface area contributed by atoms with E-state index in [0.29, 0.717) is 0 Å². The molecule has 0 radical (unpaired) electrons. The second-order valence-corrected chi connectivity index (χ2v) is 4.39. The first-order valence-corrected chi connectivity index (χ1v) is 6.03. The Balaban J connectivity index is 2.40. The number of benzene rings is 2. The van der Waals surface area contributed by atoms with Gasteiger partial charge < -0.3 is 0 Å². The maximum atomic E-state index is 13.8. The summed E-state index contributed by atoms with van der Waals surface area (Å²) in [6.45, 7) is 4.16. The molecule has 0 aliphatic heterocycles. The highest BCUT2D eigenvalue weighted by atomic mass is 19.1. The molecule has 2 rings (SSSR count). The second-order valence-electron chi connectivity index (χ2n) is 4.39. The van der Waals surface area contributed by atoms with Crippen molar-refractivity contribution in [2.45, 2.75) is 26.2 Å². The van der Waals surface area contributed by atoms with Crippen LogP contribution >= 0.6 is 0 Å². The molecular formula is C16H17F. The SMILES string of the molecule is CCC(c1ccc(C)cc1)c1ccccc1F. The number of rotatable bonds is 3. The zero-order valence-electron chi connectivity index (χ0n) is 10.3. The first kappa shape index (κ1) is 11.8. The molecule has 0 saturated heterocycles. The molecule has 17 heavy (non-hydrogen) atoms. The van der Waals surface area contributed by atoms with Crippen molar-refractivity contribution in [3.63, 3.8) is 0 Å². The normalized spacial score (nSPS) is 12.4. The molecule has 1 unspecified atom stereocenters. The Morgan fingerprint density at radius 2 is 1.65 bits per heavy atom. The monoisotopic (exact) mass is 228 g/mol. The van der Waals surface area contributed by atoms with E-state index in [4.69, 9.17) is 0 Å². The predicted molar refractivity (Wildman–Crippen MR) is 69.7 cm³/mol. The quantitative estimate of drug-likeness (QED) is 0.715. The maximum absolute atomic E-state index is 13.8. The molecule has 0 saturated carbocycles. The molecule has 0 N–H and O–H groups in total. The Bertz CT molecular complexity index is 485. The molecule has 88 valence electrons. The van der Waals surface area contributed by atoms with Gasteiger partial charge in [-0.25, -0.2) is 4.39 Å². The molecule has 0 aliphatic rings. The molecule has 0 heterocycles. The molecule has 0 fully saturated rings. The highest BCUT2D eigenvalue weighted by molar-refractivity contribution is 5.34. The van der Waals surface area contributed by atoms with E-state index < -0.39 is 0 Å². The minimum Gasteiger partial charge on any atom is -0.207 e. The number of aryl methyl sites for hydroxylation is 1. The van der Waals surface area contributed by atoms with Gasteiger partial charge in [0.15, 0.2) is 0 Å². The fourth-order valence-corrected chi connectivity index (χ4v) is 2.19. The van der Waals surface area contributed by atoms with Gasteiger partial charge in [0.05, 0.1) is 0 Å². The van der Waals surface area contributed by atoms with Gasteiger partial charge in [0.25, 0.3) is 0 Å². The summed E-state index contributed by atoms with van der Waals surface area (Å²) in [5.41, 5.74) is 3.21. The number of hydrogen-bond donors (Lipinski definition) is 0. The summed E-state index contributed by atoms with van der Waals surface area (Å²) >= 11 is 0. The van der Waals surface area contributed by atoms with Crippen LogP contribution in [0.1, 0.15) is 36.0 Å². The third-order valence-corrected chi connectivity index (χ3v) is 3.17. The summed E-state index contributed by atoms with van der Waals surface area (Å²) in [5.74, 6) is 0.0386. The lowest BCUT2D eigenvalue weighted by molar-refractivity contribution is 0.592. The molecular weight excluding hydrogens is 211 g/mol. The fourth-order valence-electron chi connectivity index (χ4n) is 2.19. The standard InChI is InChI=1S/C16H17F/c1-3-14(13-10-8-12(2)9-11-13)15-6-4-5-7-16(15)17/h4-11,14H,3H2,1-2H3. The molecule has 0 spiro atoms. The van der Waals surface area contributed by atoms with Gasteiger partial charge in [0.1, 0.15) is 5.82 Å². The third kappa shape index (κ3) is 2.55. The average Bonchev–Trinajstić information content (AvgIpc) is 2.35. The van der Waals surface area contributed by atoms with Gasteiger partial charge in [-0.1, -0.05) is 55.0 Å². The molecule has 1 atom stereocenters. The minimum atomic E-state index is -0.111. The van der Waals surface area contributed by atoms with Crippen LogP contribution in [0.15, 0.2) is 48.5 Å². The zero-order chi connectivity index (χ0) is 12.3. The summed E-state index contributed by atoms with van der Waals surface area (Å²) in [7, 11) is 0. The predicted octanol–water partition coefficient (Wildman–Crippen LogP) is 4.68. The highest BCUT2D eigenvalue weighted by Gasteiger charge is 2.15. The van der Waals surface area contributed by atoms with E-state index in [1.165, 1.54) is 17.2 Å². The van der Waals surface area contributed by atoms with Crippen LogP contribution in [-0.4, -0.2) is 0 Å². The Hall–Kier alpha value is -1.63. The first-order valence-electron chi connectivity index (χ1n) is 6.03. The van der Waals surface area contributed by atoms with E-state index in [1.54, 1.807) is 6.07 Å². The topological polar surface area (TPSA) is 0 Å². The van der Waals surface area contributed by atoms with Crippen molar-refractivity contribution in [2.75, 3.05) is 0 Å². The van der Waals surface area contributed by atoms with Crippen molar-refractivity contribution in [3.8, 4) is 0 Å². The maximum Gasteiger partial charge on any atom is 0.127 e. The summed E-state index contributed by atoms with van der Waals surface area (Å²) in [5, 5.41) is 0. The number of hydrogen-bond acceptors (Lipinski definition) is 0. The van der Waals surface area contributed by atoms with Crippen LogP contribution < -0.4 is 0 Å². The van der Waals surface area contributed by atoms with Crippen LogP contribution in [0.5, 0.6) is 0 Å². The fraction of sp³-hybridized carbons (Fsp3) is 0.250. The van der Waals surface area contributed by atoms with Crippen LogP contribution in [0.4, 0.5) is 4.39 Å². The van der Waals surface area contributed by atoms with Crippen molar-refractivity contribution in [3.05, 3.63) is 71.0 Å². The lowest BCUT2D eigenvalue weighted by Crippen LogP contribution is -2.02. The van der Waals surface area contributed by atoms with Gasteiger partial charge >= 0.3 is 0 Å². The summed E-state index contributed by atoms with van der Waals surface area (Å²) < 4.78 is 13.8. The Morgan fingerprint density at radius 3 is 2.24 bits per heavy atom. The Morgan fingerprint density at radius 1 is 1.00 bits per heavy atom. The highest BCUT2D eigenvalue weighted by Crippen LogP contribution is 2.29. The van der Waals surface area contributed by atoms with E-state index in [1.807, 2.05) is 12.1 Å². The van der Waals surface area contributed by atoms with E-state index in [0.717, 1.165) is 12.0 Å². The van der Waals surface area contributed by atoms with Gasteiger partial charge in [0.2, 0.25) is 0 Å². The van der Waals surface area contributed by atoms with Crippen LogP contribution in [0.2, 0.25) is 0 Å². The van der Waals surface area contributed by atoms with Crippen molar-refractivity contribution in [2.24, 2.45) is 0 Å². The molecule has 2 aromatic carbocycles. The molecule has 0 aromatic heterocycles. The van der Waals surface area contributed by atoms with Crippen LogP contribution in [-0.2, 0) is 0 Å². The van der Waals surface area contributed by atoms with E-state index >= 15 is 0 Å². The smallest absolute Gasteiger partial charge is 0.127 e. The van der Waals surface area contributed by atoms with Gasteiger partial charge in [-0.2, -0.15) is 0 Å². The van der Waals surface area contributed by atoms with Crippen molar-refractivity contribution < 1.29 is 4.39 Å². The van der Waals surface area contributed by atoms with Crippen molar-refractivity contribution in [1.82, 2.24) is 0 Å². The van der Waals surface area contributed by atoms with Crippen molar-refractivity contribution >= 4 is 0 Å². The van der Waals surface area contributed by atoms with Gasteiger partial charge in [0, 0.05) is 5.92 Å². The molecule has 0 aliphatic carbocycles. The van der Waals surface area contributed by atoms with Crippen LogP contribution in [0.3, 0.4) is 0 Å². The first-order chi connectivity index (χ1) is 8.22. The van der Waals surface area contributed by atoms with Crippen LogP contribution in [0, 0.1) is 12.7 Å². The summed E-state index contributed by atoms with van der Waals surface area (Å²) in [6.07, 6.45) is 0.907. The number of halogens is 1. The van der Waals surface area contributed by atoms with E-state index in [2.05, 4.69) is 38.1 Å². The van der Waals surface area contributed by atoms with Gasteiger partial charge in [-0.15, -0.1) is 0 Å². The lowest BCUT2D eigenvalue weighted by atomic mass is 9.88. The summed E-state index contributed by atoms with van der Waals surface area (Å²) in [6, 6.07) is 15.4. The molecule has 2 aromatic rings. The molecule has 1 heteroatoms. The van der Waals surface area contributed by atoms with Gasteiger partial charge in [-0.05, 0) is 30.5 Å². The Kier molecular flexibility index (Phi) is 3.58. The second kappa shape index (κ2) is 5.13. The molecule has 0 amide bonds. The van der Waals surface area contributed by atoms with Gasteiger partial charge in [-0.3, -0.25) is 0 Å². The Labute approximate surface area is 102 Å². The van der Waals surface area contributed by atoms with E-state index in [-0.39, 0.29) is 11.7 Å². The lowest BCUT2D eigenvalue weighted by Gasteiger charge is -2.16. The minimum absolute atomic E-state index is 0.111. The zero-order valence-corrected chi connectivity index (χ0v) is 10.3. The molecule has 0 nitrogen and oxygen atoms in total. The summed E-state index contributed by atoms with van der Waals surface area (Å²) in [4.78, 5) is 0. The van der Waals surface area contributed by atoms with E-state index in [9.17, 15) is 4.39 Å². The average molecular weight is 228 g/mol.